The molecule has 6 rings (SSSR count). The molecule has 2 aromatic carbocycles. The van der Waals surface area contributed by atoms with Crippen LogP contribution in [0, 0.1) is 5.92 Å². The average molecular weight is 514 g/mol. The van der Waals surface area contributed by atoms with Gasteiger partial charge in [-0.1, -0.05) is 13.8 Å². The van der Waals surface area contributed by atoms with Gasteiger partial charge >= 0.3 is 0 Å². The van der Waals surface area contributed by atoms with Crippen molar-refractivity contribution in [1.29, 1.82) is 0 Å². The Bertz CT molecular complexity index is 1610. The second kappa shape index (κ2) is 9.19. The first kappa shape index (κ1) is 24.5. The van der Waals surface area contributed by atoms with Gasteiger partial charge in [0, 0.05) is 66.8 Å². The number of benzene rings is 2. The normalized spacial score (nSPS) is 14.1. The van der Waals surface area contributed by atoms with Crippen LogP contribution in [0.15, 0.2) is 24.4 Å². The summed E-state index contributed by atoms with van der Waals surface area (Å²) in [5.74, 6) is 1.07. The number of hydrogen-bond acceptors (Lipinski definition) is 4. The number of ether oxygens (including phenoxy) is 1. The third-order valence-electron chi connectivity index (χ3n) is 7.94. The van der Waals surface area contributed by atoms with Gasteiger partial charge in [0.15, 0.2) is 6.61 Å². The van der Waals surface area contributed by atoms with Crippen LogP contribution in [0.1, 0.15) is 54.9 Å². The maximum atomic E-state index is 13.3. The van der Waals surface area contributed by atoms with E-state index in [9.17, 15) is 9.59 Å². The van der Waals surface area contributed by atoms with E-state index in [1.54, 1.807) is 4.90 Å². The Morgan fingerprint density at radius 1 is 1.16 bits per heavy atom. The average Bonchev–Trinajstić information content (AvgIpc) is 3.56. The Hall–Kier alpha value is -3.81. The lowest BCUT2D eigenvalue weighted by atomic mass is 9.82. The van der Waals surface area contributed by atoms with Gasteiger partial charge in [-0.15, -0.1) is 0 Å². The number of rotatable bonds is 7. The van der Waals surface area contributed by atoms with E-state index in [4.69, 9.17) is 9.84 Å². The fourth-order valence-electron chi connectivity index (χ4n) is 6.35. The first-order chi connectivity index (χ1) is 18.3. The molecule has 0 saturated heterocycles. The first-order valence-electron chi connectivity index (χ1n) is 13.7. The van der Waals surface area contributed by atoms with E-state index < -0.39 is 0 Å². The minimum Gasteiger partial charge on any atom is -0.484 e. The molecule has 8 heteroatoms. The van der Waals surface area contributed by atoms with Crippen molar-refractivity contribution in [3.8, 4) is 16.9 Å². The molecule has 1 N–H and O–H groups in total. The number of aryl methyl sites for hydroxylation is 3. The van der Waals surface area contributed by atoms with Gasteiger partial charge in [0.25, 0.3) is 11.8 Å². The van der Waals surface area contributed by atoms with E-state index in [2.05, 4.69) is 42.1 Å². The van der Waals surface area contributed by atoms with Gasteiger partial charge in [0.1, 0.15) is 5.75 Å². The standard InChI is InChI=1S/C30H35N5O3/c1-6-34(7-2)25(36)16-38-18-8-11-24-20(12-18)27-21-13-31-30(37)28(21)26-19(29(27)35(24)14-17(3)4)9-10-23-22(26)15-33(5)32-23/h8,11-12,15,17H,6-7,9-10,13-14,16H2,1-5H3,(H,31,37). The van der Waals surface area contributed by atoms with Gasteiger partial charge < -0.3 is 19.5 Å². The highest BCUT2D eigenvalue weighted by molar-refractivity contribution is 6.19. The van der Waals surface area contributed by atoms with Gasteiger partial charge in [-0.05, 0) is 61.9 Å². The van der Waals surface area contributed by atoms with Crippen molar-refractivity contribution in [3.63, 3.8) is 0 Å². The summed E-state index contributed by atoms with van der Waals surface area (Å²) in [5, 5.41) is 9.99. The molecule has 198 valence electrons. The van der Waals surface area contributed by atoms with Gasteiger partial charge in [-0.3, -0.25) is 14.3 Å². The Morgan fingerprint density at radius 3 is 2.68 bits per heavy atom. The van der Waals surface area contributed by atoms with Crippen molar-refractivity contribution in [3.05, 3.63) is 46.8 Å². The molecule has 2 aliphatic rings. The van der Waals surface area contributed by atoms with Crippen molar-refractivity contribution >= 4 is 33.6 Å². The maximum absolute atomic E-state index is 13.3. The number of carbonyl (C=O) groups excluding carboxylic acids is 2. The monoisotopic (exact) mass is 513 g/mol. The van der Waals surface area contributed by atoms with Gasteiger partial charge in [-0.2, -0.15) is 5.10 Å². The van der Waals surface area contributed by atoms with Gasteiger partial charge in [0.05, 0.1) is 16.8 Å². The molecule has 0 radical (unpaired) electrons. The molecule has 0 atom stereocenters. The molecule has 0 bridgehead atoms. The highest BCUT2D eigenvalue weighted by Gasteiger charge is 2.35. The molecule has 0 unspecified atom stereocenters. The number of fused-ring (bicyclic) bond motifs is 10. The van der Waals surface area contributed by atoms with E-state index in [1.807, 2.05) is 31.6 Å². The van der Waals surface area contributed by atoms with Crippen molar-refractivity contribution in [2.24, 2.45) is 13.0 Å². The Morgan fingerprint density at radius 2 is 1.95 bits per heavy atom. The Labute approximate surface area is 222 Å². The molecule has 0 saturated carbocycles. The van der Waals surface area contributed by atoms with E-state index >= 15 is 0 Å². The SMILES string of the molecule is CCN(CC)C(=O)COc1ccc2c(c1)c1c3c(c4c(c1n2CC(C)C)CCc1nn(C)cc1-4)C(=O)NC3. The Balaban J connectivity index is 1.59. The number of nitrogens with zero attached hydrogens (tertiary/aromatic N) is 4. The molecule has 0 spiro atoms. The lowest BCUT2D eigenvalue weighted by Gasteiger charge is -2.22. The minimum absolute atomic E-state index is 0.00908. The van der Waals surface area contributed by atoms with Gasteiger partial charge in [-0.25, -0.2) is 0 Å². The predicted molar refractivity (Wildman–Crippen MR) is 148 cm³/mol. The number of nitrogens with one attached hydrogen (secondary N) is 1. The van der Waals surface area contributed by atoms with E-state index in [0.717, 1.165) is 63.6 Å². The number of amides is 2. The number of likely N-dealkylation sites (N-methyl/N-ethyl adjacent to an activating group) is 1. The quantitative estimate of drug-likeness (QED) is 0.396. The zero-order valence-electron chi connectivity index (χ0n) is 22.9. The summed E-state index contributed by atoms with van der Waals surface area (Å²) in [6.07, 6.45) is 3.75. The van der Waals surface area contributed by atoms with Crippen LogP contribution in [0.4, 0.5) is 0 Å². The molecular weight excluding hydrogens is 478 g/mol. The summed E-state index contributed by atoms with van der Waals surface area (Å²) in [6, 6.07) is 6.12. The maximum Gasteiger partial charge on any atom is 0.260 e. The molecule has 0 fully saturated rings. The van der Waals surface area contributed by atoms with E-state index in [0.29, 0.717) is 31.3 Å². The highest BCUT2D eigenvalue weighted by Crippen LogP contribution is 2.47. The van der Waals surface area contributed by atoms with Crippen molar-refractivity contribution < 1.29 is 14.3 Å². The second-order valence-electron chi connectivity index (χ2n) is 10.8. The third kappa shape index (κ3) is 3.68. The summed E-state index contributed by atoms with van der Waals surface area (Å²) in [5.41, 5.74) is 8.58. The molecule has 4 aromatic rings. The predicted octanol–water partition coefficient (Wildman–Crippen LogP) is 4.44. The molecular formula is C30H35N5O3. The number of carbonyl (C=O) groups is 2. The summed E-state index contributed by atoms with van der Waals surface area (Å²) in [4.78, 5) is 27.6. The molecule has 2 aromatic heterocycles. The smallest absolute Gasteiger partial charge is 0.260 e. The second-order valence-corrected chi connectivity index (χ2v) is 10.8. The summed E-state index contributed by atoms with van der Waals surface area (Å²) >= 11 is 0. The molecule has 2 amide bonds. The topological polar surface area (TPSA) is 81.4 Å². The van der Waals surface area contributed by atoms with E-state index in [1.165, 1.54) is 11.1 Å². The fraction of sp³-hybridized carbons (Fsp3) is 0.433. The largest absolute Gasteiger partial charge is 0.484 e. The zero-order chi connectivity index (χ0) is 26.7. The lowest BCUT2D eigenvalue weighted by Crippen LogP contribution is -2.34. The molecule has 1 aliphatic carbocycles. The summed E-state index contributed by atoms with van der Waals surface area (Å²) in [7, 11) is 1.94. The van der Waals surface area contributed by atoms with Crippen LogP contribution in [0.2, 0.25) is 0 Å². The number of hydrogen-bond donors (Lipinski definition) is 1. The van der Waals surface area contributed by atoms with Crippen LogP contribution in [0.5, 0.6) is 5.75 Å². The van der Waals surface area contributed by atoms with Crippen LogP contribution in [-0.4, -0.2) is 50.8 Å². The third-order valence-corrected chi connectivity index (χ3v) is 7.94. The fourth-order valence-corrected chi connectivity index (χ4v) is 6.35. The van der Waals surface area contributed by atoms with Crippen LogP contribution < -0.4 is 10.1 Å². The van der Waals surface area contributed by atoms with Crippen molar-refractivity contribution in [1.82, 2.24) is 24.6 Å². The van der Waals surface area contributed by atoms with Gasteiger partial charge in [0.2, 0.25) is 0 Å². The number of aromatic nitrogens is 3. The Kier molecular flexibility index (Phi) is 5.93. The van der Waals surface area contributed by atoms with Crippen LogP contribution in [0.3, 0.4) is 0 Å². The zero-order valence-corrected chi connectivity index (χ0v) is 22.9. The minimum atomic E-state index is -0.0191. The lowest BCUT2D eigenvalue weighted by molar-refractivity contribution is -0.132. The molecule has 3 heterocycles. The van der Waals surface area contributed by atoms with Crippen molar-refractivity contribution in [2.45, 2.75) is 53.6 Å². The summed E-state index contributed by atoms with van der Waals surface area (Å²) < 4.78 is 10.3. The van der Waals surface area contributed by atoms with E-state index in [-0.39, 0.29) is 18.4 Å². The molecule has 1 aliphatic heterocycles. The first-order valence-corrected chi connectivity index (χ1v) is 13.7. The van der Waals surface area contributed by atoms with Crippen LogP contribution >= 0.6 is 0 Å². The van der Waals surface area contributed by atoms with Crippen LogP contribution in [0.25, 0.3) is 32.9 Å². The summed E-state index contributed by atoms with van der Waals surface area (Å²) in [6.45, 7) is 11.1. The molecule has 8 nitrogen and oxygen atoms in total. The van der Waals surface area contributed by atoms with Crippen LogP contribution in [-0.2, 0) is 37.8 Å². The highest BCUT2D eigenvalue weighted by atomic mass is 16.5. The molecule has 38 heavy (non-hydrogen) atoms. The van der Waals surface area contributed by atoms with Crippen molar-refractivity contribution in [2.75, 3.05) is 19.7 Å².